The number of nitrogens with zero attached hydrogens (tertiary/aromatic N) is 4. The third kappa shape index (κ3) is 3.50. The Hall–Kier alpha value is -3.32. The monoisotopic (exact) mass is 375 g/mol. The molecule has 0 aliphatic rings. The van der Waals surface area contributed by atoms with Crippen LogP contribution in [0.2, 0.25) is 0 Å². The molecule has 0 spiro atoms. The maximum atomic E-state index is 5.35. The standard InChI is InChI=1S/C20H17N5OS/c1-13-17-19(27-18(13)15-6-3-7-16(9-15)26-2)20(23-12-22-17)25-24-11-14-5-4-8-21-10-14/h3-12H,1-2H3,(H,22,23,25). The smallest absolute Gasteiger partial charge is 0.167 e. The van der Waals surface area contributed by atoms with Gasteiger partial charge in [-0.3, -0.25) is 10.4 Å². The summed E-state index contributed by atoms with van der Waals surface area (Å²) >= 11 is 1.64. The Bertz CT molecular complexity index is 1110. The maximum Gasteiger partial charge on any atom is 0.167 e. The minimum absolute atomic E-state index is 0.683. The normalized spacial score (nSPS) is 11.2. The number of rotatable bonds is 5. The number of anilines is 1. The van der Waals surface area contributed by atoms with Gasteiger partial charge in [-0.05, 0) is 36.2 Å². The second-order valence-corrected chi connectivity index (χ2v) is 6.87. The lowest BCUT2D eigenvalue weighted by Gasteiger charge is -2.03. The van der Waals surface area contributed by atoms with Crippen molar-refractivity contribution in [3.8, 4) is 16.2 Å². The molecule has 3 heterocycles. The van der Waals surface area contributed by atoms with Crippen molar-refractivity contribution < 1.29 is 4.74 Å². The molecule has 4 aromatic rings. The molecular formula is C20H17N5OS. The molecule has 27 heavy (non-hydrogen) atoms. The molecule has 0 saturated heterocycles. The highest BCUT2D eigenvalue weighted by molar-refractivity contribution is 7.23. The molecular weight excluding hydrogens is 358 g/mol. The van der Waals surface area contributed by atoms with Crippen LogP contribution in [0.25, 0.3) is 20.7 Å². The third-order valence-corrected chi connectivity index (χ3v) is 5.44. The molecule has 1 aromatic carbocycles. The molecule has 0 amide bonds. The van der Waals surface area contributed by atoms with E-state index in [0.717, 1.165) is 37.5 Å². The van der Waals surface area contributed by atoms with Gasteiger partial charge in [-0.15, -0.1) is 11.3 Å². The summed E-state index contributed by atoms with van der Waals surface area (Å²) in [6, 6.07) is 11.8. The fourth-order valence-electron chi connectivity index (χ4n) is 2.76. The van der Waals surface area contributed by atoms with Crippen molar-refractivity contribution in [3.05, 3.63) is 66.2 Å². The zero-order chi connectivity index (χ0) is 18.6. The molecule has 134 valence electrons. The van der Waals surface area contributed by atoms with E-state index in [0.29, 0.717) is 5.82 Å². The number of ether oxygens (including phenoxy) is 1. The fourth-order valence-corrected chi connectivity index (χ4v) is 3.96. The third-order valence-electron chi connectivity index (χ3n) is 4.10. The van der Waals surface area contributed by atoms with E-state index in [2.05, 4.69) is 38.5 Å². The molecule has 7 heteroatoms. The lowest BCUT2D eigenvalue weighted by Crippen LogP contribution is -1.94. The van der Waals surface area contributed by atoms with E-state index in [1.54, 1.807) is 43.4 Å². The van der Waals surface area contributed by atoms with Crippen molar-refractivity contribution in [2.45, 2.75) is 6.92 Å². The first kappa shape index (κ1) is 17.1. The minimum Gasteiger partial charge on any atom is -0.497 e. The van der Waals surface area contributed by atoms with Gasteiger partial charge in [0.2, 0.25) is 0 Å². The first-order valence-electron chi connectivity index (χ1n) is 8.34. The van der Waals surface area contributed by atoms with E-state index in [9.17, 15) is 0 Å². The van der Waals surface area contributed by atoms with Crippen molar-refractivity contribution in [1.29, 1.82) is 0 Å². The molecule has 0 saturated carbocycles. The number of fused-ring (bicyclic) bond motifs is 1. The van der Waals surface area contributed by atoms with Gasteiger partial charge in [0.05, 0.1) is 23.5 Å². The van der Waals surface area contributed by atoms with E-state index in [-0.39, 0.29) is 0 Å². The number of hydrogen-bond donors (Lipinski definition) is 1. The summed E-state index contributed by atoms with van der Waals surface area (Å²) in [6.45, 7) is 2.07. The van der Waals surface area contributed by atoms with Crippen molar-refractivity contribution >= 4 is 33.6 Å². The Balaban J connectivity index is 1.70. The van der Waals surface area contributed by atoms with Gasteiger partial charge in [-0.25, -0.2) is 9.97 Å². The zero-order valence-electron chi connectivity index (χ0n) is 14.9. The minimum atomic E-state index is 0.683. The number of methoxy groups -OCH3 is 1. The Morgan fingerprint density at radius 2 is 2.11 bits per heavy atom. The van der Waals surface area contributed by atoms with Crippen molar-refractivity contribution in [2.75, 3.05) is 12.5 Å². The summed E-state index contributed by atoms with van der Waals surface area (Å²) in [5.74, 6) is 1.51. The number of aromatic nitrogens is 3. The average Bonchev–Trinajstić information content (AvgIpc) is 3.06. The van der Waals surface area contributed by atoms with Crippen LogP contribution in [0.1, 0.15) is 11.1 Å². The van der Waals surface area contributed by atoms with Crippen molar-refractivity contribution in [3.63, 3.8) is 0 Å². The van der Waals surface area contributed by atoms with E-state index in [1.165, 1.54) is 0 Å². The molecule has 0 atom stereocenters. The average molecular weight is 375 g/mol. The van der Waals surface area contributed by atoms with Crippen LogP contribution in [0, 0.1) is 6.92 Å². The van der Waals surface area contributed by atoms with Crippen LogP contribution in [0.3, 0.4) is 0 Å². The van der Waals surface area contributed by atoms with Crippen LogP contribution >= 0.6 is 11.3 Å². The van der Waals surface area contributed by atoms with Gasteiger partial charge < -0.3 is 4.74 Å². The summed E-state index contributed by atoms with van der Waals surface area (Å²) < 4.78 is 6.32. The molecule has 0 fully saturated rings. The van der Waals surface area contributed by atoms with Crippen LogP contribution in [0.5, 0.6) is 5.75 Å². The Labute approximate surface area is 160 Å². The maximum absolute atomic E-state index is 5.35. The van der Waals surface area contributed by atoms with E-state index >= 15 is 0 Å². The van der Waals surface area contributed by atoms with E-state index < -0.39 is 0 Å². The summed E-state index contributed by atoms with van der Waals surface area (Å²) in [7, 11) is 1.67. The highest BCUT2D eigenvalue weighted by Gasteiger charge is 2.15. The van der Waals surface area contributed by atoms with Gasteiger partial charge in [-0.2, -0.15) is 5.10 Å². The SMILES string of the molecule is COc1cccc(-c2sc3c(NN=Cc4cccnc4)ncnc3c2C)c1. The number of pyridine rings is 1. The molecule has 1 N–H and O–H groups in total. The van der Waals surface area contributed by atoms with Gasteiger partial charge in [0, 0.05) is 22.8 Å². The molecule has 3 aromatic heterocycles. The summed E-state index contributed by atoms with van der Waals surface area (Å²) in [5, 5.41) is 4.28. The van der Waals surface area contributed by atoms with Crippen molar-refractivity contribution in [2.24, 2.45) is 5.10 Å². The second kappa shape index (κ2) is 7.51. The molecule has 0 radical (unpaired) electrons. The number of aryl methyl sites for hydroxylation is 1. The van der Waals surface area contributed by atoms with Crippen LogP contribution < -0.4 is 10.2 Å². The number of benzene rings is 1. The Kier molecular flexibility index (Phi) is 4.76. The largest absolute Gasteiger partial charge is 0.497 e. The quantitative estimate of drug-likeness (QED) is 0.410. The Morgan fingerprint density at radius 1 is 1.19 bits per heavy atom. The first-order chi connectivity index (χ1) is 13.3. The summed E-state index contributed by atoms with van der Waals surface area (Å²) in [6.07, 6.45) is 6.74. The predicted molar refractivity (Wildman–Crippen MR) is 110 cm³/mol. The number of hydrazone groups is 1. The molecule has 0 bridgehead atoms. The summed E-state index contributed by atoms with van der Waals surface area (Å²) in [4.78, 5) is 14.0. The molecule has 4 rings (SSSR count). The molecule has 6 nitrogen and oxygen atoms in total. The van der Waals surface area contributed by atoms with Gasteiger partial charge in [0.15, 0.2) is 5.82 Å². The zero-order valence-corrected chi connectivity index (χ0v) is 15.7. The summed E-state index contributed by atoms with van der Waals surface area (Å²) in [5.41, 5.74) is 7.07. The van der Waals surface area contributed by atoms with E-state index in [1.807, 2.05) is 30.3 Å². The number of hydrogen-bond acceptors (Lipinski definition) is 7. The van der Waals surface area contributed by atoms with Crippen molar-refractivity contribution in [1.82, 2.24) is 15.0 Å². The van der Waals surface area contributed by atoms with Gasteiger partial charge in [0.1, 0.15) is 12.1 Å². The topological polar surface area (TPSA) is 72.3 Å². The number of nitrogens with one attached hydrogen (secondary N) is 1. The van der Waals surface area contributed by atoms with Gasteiger partial charge in [0.25, 0.3) is 0 Å². The lowest BCUT2D eigenvalue weighted by atomic mass is 10.1. The van der Waals surface area contributed by atoms with E-state index in [4.69, 9.17) is 4.74 Å². The second-order valence-electron chi connectivity index (χ2n) is 5.84. The van der Waals surface area contributed by atoms with Crippen LogP contribution in [0.15, 0.2) is 60.2 Å². The Morgan fingerprint density at radius 3 is 2.93 bits per heavy atom. The number of thiophene rings is 1. The highest BCUT2D eigenvalue weighted by atomic mass is 32.1. The highest BCUT2D eigenvalue weighted by Crippen LogP contribution is 2.40. The molecule has 0 aliphatic carbocycles. The fraction of sp³-hybridized carbons (Fsp3) is 0.100. The first-order valence-corrected chi connectivity index (χ1v) is 9.15. The predicted octanol–water partition coefficient (Wildman–Crippen LogP) is 4.52. The van der Waals surface area contributed by atoms with Gasteiger partial charge >= 0.3 is 0 Å². The molecule has 0 aliphatic heterocycles. The molecule has 0 unspecified atom stereocenters. The lowest BCUT2D eigenvalue weighted by molar-refractivity contribution is 0.415. The van der Waals surface area contributed by atoms with Gasteiger partial charge in [-0.1, -0.05) is 18.2 Å². The van der Waals surface area contributed by atoms with Crippen LogP contribution in [0.4, 0.5) is 5.82 Å². The van der Waals surface area contributed by atoms with Crippen LogP contribution in [-0.4, -0.2) is 28.3 Å². The van der Waals surface area contributed by atoms with Crippen LogP contribution in [-0.2, 0) is 0 Å².